The molecule has 1 atom stereocenters. The minimum Gasteiger partial charge on any atom is -0.397 e. The van der Waals surface area contributed by atoms with Crippen molar-refractivity contribution in [3.8, 4) is 0 Å². The number of nitrogens with two attached hydrogens (primary N) is 1. The van der Waals surface area contributed by atoms with Gasteiger partial charge >= 0.3 is 0 Å². The first-order valence-electron chi connectivity index (χ1n) is 6.02. The maximum Gasteiger partial charge on any atom is 0.251 e. The van der Waals surface area contributed by atoms with Gasteiger partial charge in [0.25, 0.3) is 5.91 Å². The number of nitrogens with one attached hydrogen (secondary N) is 1. The molecule has 0 bridgehead atoms. The molecule has 1 aromatic carbocycles. The lowest BCUT2D eigenvalue weighted by molar-refractivity contribution is -0.146. The van der Waals surface area contributed by atoms with Crippen LogP contribution in [0.1, 0.15) is 18.4 Å². The Kier molecular flexibility index (Phi) is 3.42. The molecule has 0 radical (unpaired) electrons. The molecule has 1 aliphatic rings. The summed E-state index contributed by atoms with van der Waals surface area (Å²) in [6, 6.07) is 2.28. The second-order valence-corrected chi connectivity index (χ2v) is 4.72. The molecule has 0 aromatic heterocycles. The summed E-state index contributed by atoms with van der Waals surface area (Å²) in [6.07, 6.45) is 0.720. The van der Waals surface area contributed by atoms with Crippen LogP contribution in [0.4, 0.5) is 15.8 Å². The number of likely N-dealkylation sites (tertiary alicyclic amines) is 1. The first kappa shape index (κ1) is 13.3. The molecule has 1 heterocycles. The standard InChI is InChI=1S/C13H16FN3O2/c1-7-5-11(9(15)6-8(7)14)16-10-3-4-12(18)17(2)13(10)19/h5-6,10,16H,3-4,15H2,1-2H3. The summed E-state index contributed by atoms with van der Waals surface area (Å²) in [5, 5.41) is 2.98. The number of benzene rings is 1. The largest absolute Gasteiger partial charge is 0.397 e. The first-order chi connectivity index (χ1) is 8.90. The molecule has 0 saturated carbocycles. The number of carbonyl (C=O) groups excluding carboxylic acids is 2. The summed E-state index contributed by atoms with van der Waals surface area (Å²) in [5.41, 5.74) is 6.93. The highest BCUT2D eigenvalue weighted by molar-refractivity contribution is 6.01. The number of hydrogen-bond acceptors (Lipinski definition) is 4. The number of anilines is 2. The summed E-state index contributed by atoms with van der Waals surface area (Å²) < 4.78 is 13.3. The molecule has 6 heteroatoms. The van der Waals surface area contributed by atoms with E-state index in [1.54, 1.807) is 13.0 Å². The van der Waals surface area contributed by atoms with Gasteiger partial charge in [0.1, 0.15) is 11.9 Å². The second-order valence-electron chi connectivity index (χ2n) is 4.72. The van der Waals surface area contributed by atoms with Crippen LogP contribution in [0.15, 0.2) is 12.1 Å². The lowest BCUT2D eigenvalue weighted by Crippen LogP contribution is -2.48. The lowest BCUT2D eigenvalue weighted by Gasteiger charge is -2.29. The van der Waals surface area contributed by atoms with Crippen molar-refractivity contribution in [2.24, 2.45) is 0 Å². The topological polar surface area (TPSA) is 75.4 Å². The zero-order chi connectivity index (χ0) is 14.2. The van der Waals surface area contributed by atoms with Crippen LogP contribution >= 0.6 is 0 Å². The van der Waals surface area contributed by atoms with E-state index in [9.17, 15) is 14.0 Å². The SMILES string of the molecule is Cc1cc(NC2CCC(=O)N(C)C2=O)c(N)cc1F. The van der Waals surface area contributed by atoms with Gasteiger partial charge in [0.05, 0.1) is 11.4 Å². The quantitative estimate of drug-likeness (QED) is 0.624. The van der Waals surface area contributed by atoms with E-state index in [0.717, 1.165) is 4.90 Å². The van der Waals surface area contributed by atoms with Gasteiger partial charge in [0, 0.05) is 13.5 Å². The van der Waals surface area contributed by atoms with E-state index in [1.165, 1.54) is 13.1 Å². The van der Waals surface area contributed by atoms with Gasteiger partial charge in [-0.3, -0.25) is 14.5 Å². The van der Waals surface area contributed by atoms with Crippen molar-refractivity contribution in [3.63, 3.8) is 0 Å². The Hall–Kier alpha value is -2.11. The number of amides is 2. The highest BCUT2D eigenvalue weighted by atomic mass is 19.1. The molecule has 0 aliphatic carbocycles. The number of likely N-dealkylation sites (N-methyl/N-ethyl adjacent to an activating group) is 1. The number of nitrogens with zero attached hydrogens (tertiary/aromatic N) is 1. The highest BCUT2D eigenvalue weighted by Gasteiger charge is 2.31. The fourth-order valence-corrected chi connectivity index (χ4v) is 2.06. The number of rotatable bonds is 2. The number of nitrogen functional groups attached to an aromatic ring is 1. The Morgan fingerprint density at radius 1 is 1.42 bits per heavy atom. The van der Waals surface area contributed by atoms with E-state index in [-0.39, 0.29) is 23.3 Å². The van der Waals surface area contributed by atoms with Crippen molar-refractivity contribution >= 4 is 23.2 Å². The fourth-order valence-electron chi connectivity index (χ4n) is 2.06. The molecule has 5 nitrogen and oxygen atoms in total. The van der Waals surface area contributed by atoms with Crippen molar-refractivity contribution in [2.45, 2.75) is 25.8 Å². The van der Waals surface area contributed by atoms with Gasteiger partial charge in [-0.25, -0.2) is 4.39 Å². The number of carbonyl (C=O) groups is 2. The normalized spacial score (nSPS) is 19.7. The summed E-state index contributed by atoms with van der Waals surface area (Å²) in [6.45, 7) is 1.62. The number of imide groups is 1. The first-order valence-corrected chi connectivity index (χ1v) is 6.02. The lowest BCUT2D eigenvalue weighted by atomic mass is 10.0. The molecule has 3 N–H and O–H groups in total. The van der Waals surface area contributed by atoms with Gasteiger partial charge < -0.3 is 11.1 Å². The van der Waals surface area contributed by atoms with Crippen molar-refractivity contribution in [1.29, 1.82) is 0 Å². The molecular formula is C13H16FN3O2. The third kappa shape index (κ3) is 2.52. The number of halogens is 1. The zero-order valence-electron chi connectivity index (χ0n) is 10.9. The maximum atomic E-state index is 13.3. The second kappa shape index (κ2) is 4.87. The van der Waals surface area contributed by atoms with E-state index in [0.29, 0.717) is 24.1 Å². The third-order valence-electron chi connectivity index (χ3n) is 3.31. The summed E-state index contributed by atoms with van der Waals surface area (Å²) in [7, 11) is 1.46. The van der Waals surface area contributed by atoms with Crippen molar-refractivity contribution in [3.05, 3.63) is 23.5 Å². The van der Waals surface area contributed by atoms with Crippen LogP contribution in [0.2, 0.25) is 0 Å². The molecule has 19 heavy (non-hydrogen) atoms. The number of aryl methyl sites for hydroxylation is 1. The number of piperidine rings is 1. The average Bonchev–Trinajstić information content (AvgIpc) is 2.36. The summed E-state index contributed by atoms with van der Waals surface area (Å²) in [4.78, 5) is 24.4. The van der Waals surface area contributed by atoms with Gasteiger partial charge in [0.15, 0.2) is 0 Å². The van der Waals surface area contributed by atoms with Crippen LogP contribution in [0.5, 0.6) is 0 Å². The van der Waals surface area contributed by atoms with E-state index in [4.69, 9.17) is 5.73 Å². The van der Waals surface area contributed by atoms with Gasteiger partial charge in [-0.2, -0.15) is 0 Å². The Labute approximate surface area is 110 Å². The summed E-state index contributed by atoms with van der Waals surface area (Å²) in [5.74, 6) is -0.866. The van der Waals surface area contributed by atoms with Crippen LogP contribution in [0, 0.1) is 12.7 Å². The molecular weight excluding hydrogens is 249 g/mol. The van der Waals surface area contributed by atoms with Crippen molar-refractivity contribution < 1.29 is 14.0 Å². The minimum absolute atomic E-state index is 0.189. The van der Waals surface area contributed by atoms with Gasteiger partial charge in [-0.15, -0.1) is 0 Å². The molecule has 1 aromatic rings. The van der Waals surface area contributed by atoms with Crippen LogP contribution in [-0.4, -0.2) is 29.8 Å². The van der Waals surface area contributed by atoms with Gasteiger partial charge in [-0.1, -0.05) is 0 Å². The van der Waals surface area contributed by atoms with Crippen molar-refractivity contribution in [1.82, 2.24) is 4.90 Å². The molecule has 1 unspecified atom stereocenters. The molecule has 2 rings (SSSR count). The Balaban J connectivity index is 2.20. The molecule has 102 valence electrons. The van der Waals surface area contributed by atoms with Gasteiger partial charge in [-0.05, 0) is 31.0 Å². The smallest absolute Gasteiger partial charge is 0.251 e. The van der Waals surface area contributed by atoms with E-state index in [1.807, 2.05) is 0 Å². The van der Waals surface area contributed by atoms with Crippen LogP contribution in [-0.2, 0) is 9.59 Å². The molecule has 1 saturated heterocycles. The maximum absolute atomic E-state index is 13.3. The molecule has 1 fully saturated rings. The van der Waals surface area contributed by atoms with E-state index in [2.05, 4.69) is 5.32 Å². The summed E-state index contributed by atoms with van der Waals surface area (Å²) >= 11 is 0. The van der Waals surface area contributed by atoms with E-state index < -0.39 is 6.04 Å². The predicted molar refractivity (Wildman–Crippen MR) is 70.0 cm³/mol. The molecule has 2 amide bonds. The van der Waals surface area contributed by atoms with Gasteiger partial charge in [0.2, 0.25) is 5.91 Å². The van der Waals surface area contributed by atoms with Crippen LogP contribution < -0.4 is 11.1 Å². The average molecular weight is 265 g/mol. The Morgan fingerprint density at radius 2 is 2.11 bits per heavy atom. The highest BCUT2D eigenvalue weighted by Crippen LogP contribution is 2.25. The minimum atomic E-state index is -0.505. The molecule has 1 aliphatic heterocycles. The van der Waals surface area contributed by atoms with Crippen LogP contribution in [0.3, 0.4) is 0 Å². The fraction of sp³-hybridized carbons (Fsp3) is 0.385. The number of hydrogen-bond donors (Lipinski definition) is 2. The predicted octanol–water partition coefficient (Wildman–Crippen LogP) is 1.28. The monoisotopic (exact) mass is 265 g/mol. The zero-order valence-corrected chi connectivity index (χ0v) is 10.9. The van der Waals surface area contributed by atoms with Crippen LogP contribution in [0.25, 0.3) is 0 Å². The molecule has 0 spiro atoms. The van der Waals surface area contributed by atoms with Crippen molar-refractivity contribution in [2.75, 3.05) is 18.1 Å². The Bertz CT molecular complexity index is 545. The third-order valence-corrected chi connectivity index (χ3v) is 3.31. The Morgan fingerprint density at radius 3 is 2.79 bits per heavy atom. The van der Waals surface area contributed by atoms with E-state index >= 15 is 0 Å².